The number of ether oxygens (including phenoxy) is 3. The van der Waals surface area contributed by atoms with E-state index in [-0.39, 0.29) is 11.3 Å². The second-order valence-electron chi connectivity index (χ2n) is 8.49. The number of Topliss-reactive ketones (excluding diaryl/α,β-unsaturated/α-hetero) is 1. The zero-order valence-corrected chi connectivity index (χ0v) is 20.8. The van der Waals surface area contributed by atoms with Gasteiger partial charge in [0.15, 0.2) is 0 Å². The van der Waals surface area contributed by atoms with E-state index in [1.165, 1.54) is 4.90 Å². The highest BCUT2D eigenvalue weighted by atomic mass is 16.5. The standard InChI is InChI=1S/C28H35NO6/c1-4-6-18-35-23-10-7-9-21(19-23)26(30)24-25(20-11-13-22(14-12-20)34-16-5-2)29(15-8-17-33-3)28(32)27(24)31/h7,9-14,19,25,30H,4-6,8,15-18H2,1-3H3/b26-24+. The summed E-state index contributed by atoms with van der Waals surface area (Å²) in [5.74, 6) is -0.229. The van der Waals surface area contributed by atoms with Gasteiger partial charge in [-0.2, -0.15) is 0 Å². The van der Waals surface area contributed by atoms with Crippen LogP contribution in [0.4, 0.5) is 0 Å². The Labute approximate surface area is 207 Å². The SMILES string of the molecule is CCCCOc1cccc(/C(O)=C2\C(=O)C(=O)N(CCCOC)C2c2ccc(OCCC)cc2)c1. The Bertz CT molecular complexity index is 1030. The number of benzene rings is 2. The molecule has 7 nitrogen and oxygen atoms in total. The van der Waals surface area contributed by atoms with Crippen molar-refractivity contribution in [2.45, 2.75) is 45.6 Å². The van der Waals surface area contributed by atoms with Crippen LogP contribution >= 0.6 is 0 Å². The number of aliphatic hydroxyl groups is 1. The molecule has 1 fully saturated rings. The van der Waals surface area contributed by atoms with Crippen molar-refractivity contribution in [1.29, 1.82) is 0 Å². The van der Waals surface area contributed by atoms with Crippen molar-refractivity contribution in [2.24, 2.45) is 0 Å². The Morgan fingerprint density at radius 3 is 2.34 bits per heavy atom. The monoisotopic (exact) mass is 481 g/mol. The fourth-order valence-corrected chi connectivity index (χ4v) is 4.03. The lowest BCUT2D eigenvalue weighted by Crippen LogP contribution is -2.31. The molecule has 7 heteroatoms. The van der Waals surface area contributed by atoms with E-state index >= 15 is 0 Å². The van der Waals surface area contributed by atoms with Gasteiger partial charge in [0.1, 0.15) is 17.3 Å². The number of ketones is 1. The summed E-state index contributed by atoms with van der Waals surface area (Å²) in [5, 5.41) is 11.3. The van der Waals surface area contributed by atoms with Crippen molar-refractivity contribution in [2.75, 3.05) is 33.5 Å². The molecular weight excluding hydrogens is 446 g/mol. The smallest absolute Gasteiger partial charge is 0.295 e. The maximum Gasteiger partial charge on any atom is 0.295 e. The fourth-order valence-electron chi connectivity index (χ4n) is 4.03. The number of aliphatic hydroxyl groups excluding tert-OH is 1. The number of carbonyl (C=O) groups is 2. The average molecular weight is 482 g/mol. The molecular formula is C28H35NO6. The molecule has 2 aromatic rings. The third-order valence-electron chi connectivity index (χ3n) is 5.83. The second-order valence-corrected chi connectivity index (χ2v) is 8.49. The number of carbonyl (C=O) groups excluding carboxylic acids is 2. The molecule has 1 N–H and O–H groups in total. The van der Waals surface area contributed by atoms with Crippen molar-refractivity contribution < 1.29 is 28.9 Å². The largest absolute Gasteiger partial charge is 0.507 e. The number of hydrogen-bond acceptors (Lipinski definition) is 6. The molecule has 1 unspecified atom stereocenters. The zero-order chi connectivity index (χ0) is 25.2. The Balaban J connectivity index is 2.01. The summed E-state index contributed by atoms with van der Waals surface area (Å²) in [7, 11) is 1.59. The third-order valence-corrected chi connectivity index (χ3v) is 5.83. The van der Waals surface area contributed by atoms with Crippen LogP contribution in [-0.4, -0.2) is 55.2 Å². The molecule has 3 rings (SSSR count). The van der Waals surface area contributed by atoms with E-state index in [1.54, 1.807) is 25.3 Å². The highest BCUT2D eigenvalue weighted by Gasteiger charge is 2.45. The van der Waals surface area contributed by atoms with Gasteiger partial charge in [0.05, 0.1) is 24.8 Å². The van der Waals surface area contributed by atoms with E-state index in [0.29, 0.717) is 49.8 Å². The minimum absolute atomic E-state index is 0.0698. The third kappa shape index (κ3) is 6.42. The van der Waals surface area contributed by atoms with Gasteiger partial charge in [0, 0.05) is 25.8 Å². The molecule has 0 radical (unpaired) electrons. The second kappa shape index (κ2) is 13.0. The summed E-state index contributed by atoms with van der Waals surface area (Å²) in [6, 6.07) is 13.6. The number of methoxy groups -OCH3 is 1. The quantitative estimate of drug-likeness (QED) is 0.185. The molecule has 188 valence electrons. The summed E-state index contributed by atoms with van der Waals surface area (Å²) in [6.07, 6.45) is 3.39. The normalized spacial score (nSPS) is 17.1. The van der Waals surface area contributed by atoms with Crippen molar-refractivity contribution in [3.63, 3.8) is 0 Å². The summed E-state index contributed by atoms with van der Waals surface area (Å²) < 4.78 is 16.6. The summed E-state index contributed by atoms with van der Waals surface area (Å²) in [4.78, 5) is 27.7. The fraction of sp³-hybridized carbons (Fsp3) is 0.429. The molecule has 0 spiro atoms. The van der Waals surface area contributed by atoms with E-state index in [2.05, 4.69) is 6.92 Å². The van der Waals surface area contributed by atoms with Crippen LogP contribution in [0.2, 0.25) is 0 Å². The minimum atomic E-state index is -0.711. The Kier molecular flexibility index (Phi) is 9.73. The topological polar surface area (TPSA) is 85.3 Å². The van der Waals surface area contributed by atoms with Gasteiger partial charge < -0.3 is 24.2 Å². The molecule has 0 saturated carbocycles. The molecule has 0 aliphatic carbocycles. The highest BCUT2D eigenvalue weighted by Crippen LogP contribution is 2.40. The molecule has 1 atom stereocenters. The van der Waals surface area contributed by atoms with Crippen molar-refractivity contribution in [3.05, 3.63) is 65.2 Å². The van der Waals surface area contributed by atoms with Gasteiger partial charge in [-0.15, -0.1) is 0 Å². The Hall–Kier alpha value is -3.32. The summed E-state index contributed by atoms with van der Waals surface area (Å²) in [5.41, 5.74) is 1.23. The number of hydrogen-bond donors (Lipinski definition) is 1. The zero-order valence-electron chi connectivity index (χ0n) is 20.8. The van der Waals surface area contributed by atoms with E-state index in [4.69, 9.17) is 14.2 Å². The number of likely N-dealkylation sites (tertiary alicyclic amines) is 1. The Morgan fingerprint density at radius 2 is 1.66 bits per heavy atom. The van der Waals surface area contributed by atoms with Crippen LogP contribution in [0.25, 0.3) is 5.76 Å². The van der Waals surface area contributed by atoms with Gasteiger partial charge in [-0.1, -0.05) is 44.5 Å². The predicted octanol–water partition coefficient (Wildman–Crippen LogP) is 5.11. The van der Waals surface area contributed by atoms with Crippen molar-refractivity contribution in [1.82, 2.24) is 4.90 Å². The molecule has 0 aromatic heterocycles. The first-order valence-corrected chi connectivity index (χ1v) is 12.2. The maximum absolute atomic E-state index is 13.2. The van der Waals surface area contributed by atoms with Gasteiger partial charge in [0.25, 0.3) is 11.7 Å². The maximum atomic E-state index is 13.2. The van der Waals surface area contributed by atoms with Crippen LogP contribution in [0.3, 0.4) is 0 Å². The van der Waals surface area contributed by atoms with Gasteiger partial charge in [-0.05, 0) is 49.1 Å². The van der Waals surface area contributed by atoms with Crippen LogP contribution in [0, 0.1) is 0 Å². The molecule has 1 heterocycles. The minimum Gasteiger partial charge on any atom is -0.507 e. The lowest BCUT2D eigenvalue weighted by Gasteiger charge is -2.25. The number of amides is 1. The average Bonchev–Trinajstić information content (AvgIpc) is 3.13. The molecule has 1 aliphatic heterocycles. The van der Waals surface area contributed by atoms with Gasteiger partial charge >= 0.3 is 0 Å². The van der Waals surface area contributed by atoms with Crippen LogP contribution < -0.4 is 9.47 Å². The molecule has 1 aliphatic rings. The molecule has 0 bridgehead atoms. The molecule has 1 saturated heterocycles. The summed E-state index contributed by atoms with van der Waals surface area (Å²) >= 11 is 0. The van der Waals surface area contributed by atoms with Crippen LogP contribution in [0.5, 0.6) is 11.5 Å². The van der Waals surface area contributed by atoms with Gasteiger partial charge in [-0.3, -0.25) is 9.59 Å². The van der Waals surface area contributed by atoms with E-state index in [0.717, 1.165) is 24.8 Å². The van der Waals surface area contributed by atoms with Crippen LogP contribution in [0.15, 0.2) is 54.1 Å². The first-order valence-electron chi connectivity index (χ1n) is 12.2. The Morgan fingerprint density at radius 1 is 0.914 bits per heavy atom. The highest BCUT2D eigenvalue weighted by molar-refractivity contribution is 6.46. The van der Waals surface area contributed by atoms with E-state index in [1.807, 2.05) is 37.3 Å². The van der Waals surface area contributed by atoms with Crippen LogP contribution in [-0.2, 0) is 14.3 Å². The van der Waals surface area contributed by atoms with E-state index in [9.17, 15) is 14.7 Å². The van der Waals surface area contributed by atoms with Gasteiger partial charge in [0.2, 0.25) is 0 Å². The van der Waals surface area contributed by atoms with Gasteiger partial charge in [-0.25, -0.2) is 0 Å². The number of nitrogens with zero attached hydrogens (tertiary/aromatic N) is 1. The predicted molar refractivity (Wildman–Crippen MR) is 135 cm³/mol. The number of rotatable bonds is 13. The summed E-state index contributed by atoms with van der Waals surface area (Å²) in [6.45, 7) is 6.07. The van der Waals surface area contributed by atoms with E-state index < -0.39 is 17.7 Å². The van der Waals surface area contributed by atoms with Crippen molar-refractivity contribution >= 4 is 17.4 Å². The molecule has 2 aromatic carbocycles. The number of unbranched alkanes of at least 4 members (excludes halogenated alkanes) is 1. The first-order chi connectivity index (χ1) is 17.0. The van der Waals surface area contributed by atoms with Crippen LogP contribution in [0.1, 0.15) is 56.7 Å². The first kappa shape index (κ1) is 26.3. The molecule has 1 amide bonds. The molecule has 35 heavy (non-hydrogen) atoms. The lowest BCUT2D eigenvalue weighted by atomic mass is 9.95. The lowest BCUT2D eigenvalue weighted by molar-refractivity contribution is -0.140. The van der Waals surface area contributed by atoms with Crippen molar-refractivity contribution in [3.8, 4) is 11.5 Å².